The third-order valence-electron chi connectivity index (χ3n) is 6.36. The molecule has 0 bridgehead atoms. The minimum Gasteiger partial charge on any atom is -0.465 e. The minimum atomic E-state index is -0.549. The first kappa shape index (κ1) is 23.2. The van der Waals surface area contributed by atoms with Crippen LogP contribution >= 0.6 is 0 Å². The van der Waals surface area contributed by atoms with E-state index in [4.69, 9.17) is 4.74 Å². The molecule has 1 aliphatic rings. The number of nitrogens with zero attached hydrogens (tertiary/aromatic N) is 2. The molecular weight excluding hydrogens is 431 g/mol. The lowest BCUT2D eigenvalue weighted by molar-refractivity contribution is -0.136. The number of amides is 1. The topological polar surface area (TPSA) is 51.5 Å². The quantitative estimate of drug-likeness (QED) is 0.366. The van der Waals surface area contributed by atoms with Crippen molar-refractivity contribution in [2.75, 3.05) is 7.11 Å². The van der Waals surface area contributed by atoms with Crippen LogP contribution in [-0.4, -0.2) is 28.5 Å². The number of methoxy groups -OCH3 is 1. The molecule has 34 heavy (non-hydrogen) atoms. The number of hydrogen-bond acceptors (Lipinski definition) is 3. The first-order valence-corrected chi connectivity index (χ1v) is 11.1. The molecule has 5 nitrogen and oxygen atoms in total. The van der Waals surface area contributed by atoms with Crippen LogP contribution in [0.3, 0.4) is 0 Å². The van der Waals surface area contributed by atoms with Gasteiger partial charge in [-0.05, 0) is 75.2 Å². The fourth-order valence-electron chi connectivity index (χ4n) is 4.62. The summed E-state index contributed by atoms with van der Waals surface area (Å²) in [7, 11) is 1.31. The van der Waals surface area contributed by atoms with E-state index in [0.29, 0.717) is 11.3 Å². The van der Waals surface area contributed by atoms with E-state index in [9.17, 15) is 14.0 Å². The first-order chi connectivity index (χ1) is 16.2. The van der Waals surface area contributed by atoms with Gasteiger partial charge in [0.25, 0.3) is 5.91 Å². The number of allylic oxidation sites excluding steroid dienone is 1. The molecule has 4 rings (SSSR count). The van der Waals surface area contributed by atoms with Gasteiger partial charge in [0.1, 0.15) is 5.82 Å². The van der Waals surface area contributed by atoms with Crippen molar-refractivity contribution in [3.63, 3.8) is 0 Å². The highest BCUT2D eigenvalue weighted by Gasteiger charge is 2.39. The summed E-state index contributed by atoms with van der Waals surface area (Å²) in [5, 5.41) is 0. The highest BCUT2D eigenvalue weighted by molar-refractivity contribution is 6.16. The lowest BCUT2D eigenvalue weighted by atomic mass is 10.0. The summed E-state index contributed by atoms with van der Waals surface area (Å²) in [6.45, 7) is 7.59. The third-order valence-corrected chi connectivity index (χ3v) is 6.36. The molecule has 0 spiro atoms. The van der Waals surface area contributed by atoms with Crippen molar-refractivity contribution < 1.29 is 18.7 Å². The van der Waals surface area contributed by atoms with Crippen molar-refractivity contribution in [1.82, 2.24) is 9.47 Å². The lowest BCUT2D eigenvalue weighted by Crippen LogP contribution is -2.28. The van der Waals surface area contributed by atoms with Gasteiger partial charge < -0.3 is 14.2 Å². The van der Waals surface area contributed by atoms with Crippen molar-refractivity contribution in [2.24, 2.45) is 0 Å². The van der Waals surface area contributed by atoms with Gasteiger partial charge in [0.05, 0.1) is 24.3 Å². The Balaban J connectivity index is 1.81. The molecular formula is C28H27FN2O3. The monoisotopic (exact) mass is 458 g/mol. The SMILES string of the molecule is COC(=O)C1=C(C)N(C(C)c2ccccc2)C(=O)C1=Cc1cc(C)n(-c2ccc(F)cc2)c1C. The van der Waals surface area contributed by atoms with Crippen LogP contribution in [0.25, 0.3) is 11.8 Å². The zero-order valence-electron chi connectivity index (χ0n) is 19.9. The largest absolute Gasteiger partial charge is 0.465 e. The Bertz CT molecular complexity index is 1320. The predicted molar refractivity (Wildman–Crippen MR) is 130 cm³/mol. The molecule has 1 atom stereocenters. The molecule has 1 aromatic heterocycles. The van der Waals surface area contributed by atoms with E-state index in [1.54, 1.807) is 30.0 Å². The highest BCUT2D eigenvalue weighted by Crippen LogP contribution is 2.38. The molecule has 0 radical (unpaired) electrons. The van der Waals surface area contributed by atoms with Crippen LogP contribution < -0.4 is 0 Å². The van der Waals surface area contributed by atoms with E-state index in [1.807, 2.05) is 61.7 Å². The van der Waals surface area contributed by atoms with E-state index in [0.717, 1.165) is 28.2 Å². The summed E-state index contributed by atoms with van der Waals surface area (Å²) in [6, 6.07) is 17.6. The molecule has 6 heteroatoms. The van der Waals surface area contributed by atoms with Crippen molar-refractivity contribution in [3.05, 3.63) is 106 Å². The first-order valence-electron chi connectivity index (χ1n) is 11.1. The molecule has 0 aliphatic carbocycles. The number of halogens is 1. The maximum Gasteiger partial charge on any atom is 0.340 e. The van der Waals surface area contributed by atoms with E-state index in [-0.39, 0.29) is 23.3 Å². The number of rotatable bonds is 5. The van der Waals surface area contributed by atoms with Crippen LogP contribution in [0.5, 0.6) is 0 Å². The maximum absolute atomic E-state index is 13.6. The number of esters is 1. The Kier molecular flexibility index (Phi) is 6.24. The molecule has 3 aromatic rings. The normalized spacial score (nSPS) is 15.9. The summed E-state index contributed by atoms with van der Waals surface area (Å²) < 4.78 is 20.5. The molecule has 174 valence electrons. The fraction of sp³-hybridized carbons (Fsp3) is 0.214. The summed E-state index contributed by atoms with van der Waals surface area (Å²) in [5.41, 5.74) is 5.51. The van der Waals surface area contributed by atoms with Crippen molar-refractivity contribution in [1.29, 1.82) is 0 Å². The molecule has 1 amide bonds. The van der Waals surface area contributed by atoms with Crippen LogP contribution in [0, 0.1) is 19.7 Å². The molecule has 1 unspecified atom stereocenters. The van der Waals surface area contributed by atoms with Crippen molar-refractivity contribution >= 4 is 18.0 Å². The van der Waals surface area contributed by atoms with Crippen LogP contribution in [0.2, 0.25) is 0 Å². The van der Waals surface area contributed by atoms with Gasteiger partial charge in [-0.1, -0.05) is 30.3 Å². The van der Waals surface area contributed by atoms with Gasteiger partial charge in [0.2, 0.25) is 0 Å². The van der Waals surface area contributed by atoms with Gasteiger partial charge in [0.15, 0.2) is 0 Å². The molecule has 0 N–H and O–H groups in total. The Labute approximate surface area is 198 Å². The van der Waals surface area contributed by atoms with Crippen LogP contribution in [0.4, 0.5) is 4.39 Å². The van der Waals surface area contributed by atoms with Gasteiger partial charge in [-0.25, -0.2) is 9.18 Å². The maximum atomic E-state index is 13.6. The number of aryl methyl sites for hydroxylation is 1. The number of hydrogen-bond donors (Lipinski definition) is 0. The van der Waals surface area contributed by atoms with Gasteiger partial charge >= 0.3 is 5.97 Å². The summed E-state index contributed by atoms with van der Waals surface area (Å²) in [4.78, 5) is 28.0. The number of carbonyl (C=O) groups excluding carboxylic acids is 2. The van der Waals surface area contributed by atoms with Gasteiger partial charge in [-0.2, -0.15) is 0 Å². The second-order valence-electron chi connectivity index (χ2n) is 8.41. The number of carbonyl (C=O) groups is 2. The van der Waals surface area contributed by atoms with Crippen LogP contribution in [0.1, 0.15) is 42.4 Å². The standard InChI is InChI=1S/C28H27FN2O3/c1-17-15-22(19(3)30(17)24-13-11-23(29)12-14-24)16-25-26(28(33)34-5)20(4)31(27(25)32)18(2)21-9-7-6-8-10-21/h6-16,18H,1-5H3. The summed E-state index contributed by atoms with van der Waals surface area (Å²) in [6.07, 6.45) is 1.75. The van der Waals surface area contributed by atoms with Gasteiger partial charge in [-0.15, -0.1) is 0 Å². The van der Waals surface area contributed by atoms with E-state index >= 15 is 0 Å². The lowest BCUT2D eigenvalue weighted by Gasteiger charge is -2.26. The summed E-state index contributed by atoms with van der Waals surface area (Å²) >= 11 is 0. The van der Waals surface area contributed by atoms with Crippen LogP contribution in [-0.2, 0) is 14.3 Å². The Hall–Kier alpha value is -3.93. The Morgan fingerprint density at radius 2 is 1.68 bits per heavy atom. The number of ether oxygens (including phenoxy) is 1. The average Bonchev–Trinajstić information content (AvgIpc) is 3.25. The zero-order valence-corrected chi connectivity index (χ0v) is 19.9. The Morgan fingerprint density at radius 1 is 1.03 bits per heavy atom. The fourth-order valence-corrected chi connectivity index (χ4v) is 4.62. The smallest absolute Gasteiger partial charge is 0.340 e. The van der Waals surface area contributed by atoms with Crippen molar-refractivity contribution in [3.8, 4) is 5.69 Å². The van der Waals surface area contributed by atoms with Crippen molar-refractivity contribution in [2.45, 2.75) is 33.7 Å². The summed E-state index contributed by atoms with van der Waals surface area (Å²) in [5.74, 6) is -1.10. The minimum absolute atomic E-state index is 0.249. The molecule has 1 aliphatic heterocycles. The second-order valence-corrected chi connectivity index (χ2v) is 8.41. The van der Waals surface area contributed by atoms with E-state index in [2.05, 4.69) is 0 Å². The average molecular weight is 459 g/mol. The molecule has 0 saturated carbocycles. The van der Waals surface area contributed by atoms with Gasteiger partial charge in [-0.3, -0.25) is 4.79 Å². The highest BCUT2D eigenvalue weighted by atomic mass is 19.1. The second kappa shape index (κ2) is 9.14. The van der Waals surface area contributed by atoms with E-state index < -0.39 is 5.97 Å². The predicted octanol–water partition coefficient (Wildman–Crippen LogP) is 5.67. The third kappa shape index (κ3) is 3.96. The molecule has 2 heterocycles. The Morgan fingerprint density at radius 3 is 2.29 bits per heavy atom. The van der Waals surface area contributed by atoms with E-state index in [1.165, 1.54) is 19.2 Å². The number of aromatic nitrogens is 1. The molecule has 0 fully saturated rings. The van der Waals surface area contributed by atoms with Crippen LogP contribution in [0.15, 0.2) is 77.5 Å². The zero-order chi connectivity index (χ0) is 24.6. The molecule has 2 aromatic carbocycles. The molecule has 0 saturated heterocycles. The van der Waals surface area contributed by atoms with Gasteiger partial charge in [0, 0.05) is 22.8 Å². The number of benzene rings is 2.